The molecular formula is C36H46N6O6S2. The lowest BCUT2D eigenvalue weighted by molar-refractivity contribution is -0.127. The monoisotopic (exact) mass is 722 g/mol. The van der Waals surface area contributed by atoms with Crippen molar-refractivity contribution in [2.45, 2.75) is 43.7 Å². The zero-order valence-corrected chi connectivity index (χ0v) is 31.2. The van der Waals surface area contributed by atoms with Crippen molar-refractivity contribution in [1.82, 2.24) is 24.9 Å². The Balaban J connectivity index is 1.15. The smallest absolute Gasteiger partial charge is 0.410 e. The Morgan fingerprint density at radius 3 is 2.16 bits per heavy atom. The molecule has 3 aliphatic heterocycles. The van der Waals surface area contributed by atoms with E-state index in [1.165, 1.54) is 29.6 Å². The Morgan fingerprint density at radius 1 is 0.940 bits per heavy atom. The SMILES string of the molecule is C=CC(=O)N1CCN(C(=O)c2cc(SC3=CN(C)C(NC(=O)c4ccc(N5CCN(C(=O)OC(C)(C)C)CC5)cc4)S3)c(C)cc2OC)CC1. The highest BCUT2D eigenvalue weighted by Crippen LogP contribution is 2.44. The molecule has 0 aromatic heterocycles. The number of aryl methyl sites for hydroxylation is 1. The molecule has 2 saturated heterocycles. The van der Waals surface area contributed by atoms with E-state index in [1.807, 2.05) is 82.2 Å². The molecule has 268 valence electrons. The number of rotatable bonds is 8. The molecule has 0 spiro atoms. The second-order valence-corrected chi connectivity index (χ2v) is 15.8. The number of thioether (sulfide) groups is 2. The summed E-state index contributed by atoms with van der Waals surface area (Å²) in [7, 11) is 3.47. The van der Waals surface area contributed by atoms with E-state index >= 15 is 0 Å². The maximum atomic E-state index is 13.6. The number of nitrogens with zero attached hydrogens (tertiary/aromatic N) is 5. The van der Waals surface area contributed by atoms with E-state index in [0.717, 1.165) is 20.4 Å². The van der Waals surface area contributed by atoms with Crippen molar-refractivity contribution in [3.8, 4) is 5.75 Å². The maximum absolute atomic E-state index is 13.6. The van der Waals surface area contributed by atoms with Crippen molar-refractivity contribution < 1.29 is 28.7 Å². The lowest BCUT2D eigenvalue weighted by Gasteiger charge is -2.36. The lowest BCUT2D eigenvalue weighted by atomic mass is 10.1. The van der Waals surface area contributed by atoms with Crippen molar-refractivity contribution in [3.05, 3.63) is 76.2 Å². The predicted molar refractivity (Wildman–Crippen MR) is 197 cm³/mol. The van der Waals surface area contributed by atoms with Crippen LogP contribution in [0, 0.1) is 6.92 Å². The molecule has 12 nitrogen and oxygen atoms in total. The zero-order valence-electron chi connectivity index (χ0n) is 29.6. The van der Waals surface area contributed by atoms with Crippen LogP contribution < -0.4 is 15.0 Å². The fourth-order valence-corrected chi connectivity index (χ4v) is 8.19. The van der Waals surface area contributed by atoms with E-state index in [0.29, 0.717) is 69.2 Å². The van der Waals surface area contributed by atoms with Gasteiger partial charge < -0.3 is 39.3 Å². The van der Waals surface area contributed by atoms with Crippen LogP contribution in [0.2, 0.25) is 0 Å². The summed E-state index contributed by atoms with van der Waals surface area (Å²) in [5.41, 5.74) is 2.16. The fraction of sp³-hybridized carbons (Fsp3) is 0.444. The van der Waals surface area contributed by atoms with Crippen LogP contribution in [-0.4, -0.2) is 121 Å². The number of benzene rings is 2. The van der Waals surface area contributed by atoms with Gasteiger partial charge in [-0.15, -0.1) is 0 Å². The summed E-state index contributed by atoms with van der Waals surface area (Å²) in [4.78, 5) is 61.5. The van der Waals surface area contributed by atoms with Gasteiger partial charge in [-0.3, -0.25) is 14.4 Å². The number of hydrogen-bond donors (Lipinski definition) is 1. The van der Waals surface area contributed by atoms with E-state index in [-0.39, 0.29) is 29.3 Å². The summed E-state index contributed by atoms with van der Waals surface area (Å²) in [6.45, 7) is 15.4. The Morgan fingerprint density at radius 2 is 1.56 bits per heavy atom. The van der Waals surface area contributed by atoms with Crippen molar-refractivity contribution in [2.24, 2.45) is 0 Å². The minimum absolute atomic E-state index is 0.132. The molecule has 50 heavy (non-hydrogen) atoms. The summed E-state index contributed by atoms with van der Waals surface area (Å²) in [5.74, 6) is 0.0513. The summed E-state index contributed by atoms with van der Waals surface area (Å²) in [6.07, 6.45) is 2.99. The highest BCUT2D eigenvalue weighted by Gasteiger charge is 2.30. The Bertz CT molecular complexity index is 1640. The van der Waals surface area contributed by atoms with Crippen LogP contribution in [0.15, 0.2) is 64.4 Å². The summed E-state index contributed by atoms with van der Waals surface area (Å²) in [5, 5.41) is 3.12. The zero-order chi connectivity index (χ0) is 36.2. The molecule has 0 saturated carbocycles. The number of anilines is 1. The van der Waals surface area contributed by atoms with Gasteiger partial charge in [-0.05, 0) is 75.7 Å². The number of carbonyl (C=O) groups excluding carboxylic acids is 4. The summed E-state index contributed by atoms with van der Waals surface area (Å²) in [6, 6.07) is 11.3. The Hall–Kier alpha value is -4.30. The first kappa shape index (κ1) is 37.0. The normalized spacial score (nSPS) is 18.1. The van der Waals surface area contributed by atoms with Gasteiger partial charge in [0.15, 0.2) is 5.50 Å². The summed E-state index contributed by atoms with van der Waals surface area (Å²) >= 11 is 3.07. The van der Waals surface area contributed by atoms with Gasteiger partial charge in [0.2, 0.25) is 5.91 Å². The number of carbonyl (C=O) groups is 4. The van der Waals surface area contributed by atoms with E-state index in [2.05, 4.69) is 16.8 Å². The molecule has 2 fully saturated rings. The van der Waals surface area contributed by atoms with Crippen LogP contribution in [0.4, 0.5) is 10.5 Å². The van der Waals surface area contributed by atoms with Crippen LogP contribution in [0.3, 0.4) is 0 Å². The second kappa shape index (κ2) is 15.7. The van der Waals surface area contributed by atoms with Gasteiger partial charge >= 0.3 is 6.09 Å². The van der Waals surface area contributed by atoms with Crippen LogP contribution in [0.5, 0.6) is 5.75 Å². The molecule has 2 aromatic carbocycles. The van der Waals surface area contributed by atoms with E-state index in [4.69, 9.17) is 9.47 Å². The van der Waals surface area contributed by atoms with Crippen LogP contribution in [0.25, 0.3) is 0 Å². The standard InChI is InChI=1S/C36H46N6O6S2/c1-8-30(43)40-15-17-41(18-16-40)33(45)27-22-29(24(2)21-28(27)47-7)49-31-23-38(6)34(50-31)37-32(44)25-9-11-26(12-10-25)39-13-19-42(20-14-39)35(46)48-36(3,4)5/h8-12,21-23,34H,1,13-20H2,2-7H3,(H,37,44). The first-order valence-electron chi connectivity index (χ1n) is 16.6. The molecule has 4 amide bonds. The number of ether oxygens (including phenoxy) is 2. The minimum atomic E-state index is -0.526. The van der Waals surface area contributed by atoms with Crippen molar-refractivity contribution in [3.63, 3.8) is 0 Å². The predicted octanol–water partition coefficient (Wildman–Crippen LogP) is 4.81. The van der Waals surface area contributed by atoms with Crippen LogP contribution in [-0.2, 0) is 9.53 Å². The largest absolute Gasteiger partial charge is 0.496 e. The van der Waals surface area contributed by atoms with Crippen molar-refractivity contribution in [1.29, 1.82) is 0 Å². The topological polar surface area (TPSA) is 115 Å². The second-order valence-electron chi connectivity index (χ2n) is 13.3. The molecule has 3 heterocycles. The average Bonchev–Trinajstić information content (AvgIpc) is 3.45. The lowest BCUT2D eigenvalue weighted by Crippen LogP contribution is -2.50. The molecule has 3 aliphatic rings. The number of methoxy groups -OCH3 is 1. The van der Waals surface area contributed by atoms with Gasteiger partial charge in [0, 0.05) is 81.8 Å². The highest BCUT2D eigenvalue weighted by molar-refractivity contribution is 8.22. The van der Waals surface area contributed by atoms with Crippen molar-refractivity contribution >= 4 is 53.0 Å². The summed E-state index contributed by atoms with van der Waals surface area (Å²) < 4.78 is 12.1. The Kier molecular flexibility index (Phi) is 11.6. The number of nitrogens with one attached hydrogen (secondary N) is 1. The van der Waals surface area contributed by atoms with Crippen LogP contribution in [0.1, 0.15) is 47.1 Å². The molecule has 0 aliphatic carbocycles. The fourth-order valence-electron chi connectivity index (χ4n) is 5.78. The van der Waals surface area contributed by atoms with Gasteiger partial charge in [0.05, 0.1) is 16.9 Å². The molecule has 14 heteroatoms. The first-order chi connectivity index (χ1) is 23.8. The molecule has 0 bridgehead atoms. The molecule has 0 radical (unpaired) electrons. The van der Waals surface area contributed by atoms with Crippen molar-refractivity contribution in [2.75, 3.05) is 71.4 Å². The third-order valence-electron chi connectivity index (χ3n) is 8.58. The number of hydrogen-bond acceptors (Lipinski definition) is 10. The van der Waals surface area contributed by atoms with E-state index < -0.39 is 5.60 Å². The first-order valence-corrected chi connectivity index (χ1v) is 18.3. The third-order valence-corrected chi connectivity index (χ3v) is 11.1. The molecule has 1 unspecified atom stereocenters. The average molecular weight is 723 g/mol. The van der Waals surface area contributed by atoms with Gasteiger partial charge in [-0.2, -0.15) is 0 Å². The number of piperazine rings is 2. The van der Waals surface area contributed by atoms with Gasteiger partial charge in [-0.1, -0.05) is 30.1 Å². The molecule has 2 aromatic rings. The highest BCUT2D eigenvalue weighted by atomic mass is 32.2. The molecule has 1 N–H and O–H groups in total. The molecule has 1 atom stereocenters. The quantitative estimate of drug-likeness (QED) is 0.381. The van der Waals surface area contributed by atoms with Crippen LogP contribution >= 0.6 is 23.5 Å². The van der Waals surface area contributed by atoms with Gasteiger partial charge in [0.25, 0.3) is 11.8 Å². The van der Waals surface area contributed by atoms with Gasteiger partial charge in [-0.25, -0.2) is 4.79 Å². The third kappa shape index (κ3) is 8.88. The minimum Gasteiger partial charge on any atom is -0.496 e. The molecular weight excluding hydrogens is 677 g/mol. The van der Waals surface area contributed by atoms with E-state index in [9.17, 15) is 19.2 Å². The number of amides is 4. The van der Waals surface area contributed by atoms with E-state index in [1.54, 1.807) is 21.8 Å². The molecule has 5 rings (SSSR count). The van der Waals surface area contributed by atoms with Gasteiger partial charge in [0.1, 0.15) is 11.4 Å². The Labute approximate surface area is 302 Å². The maximum Gasteiger partial charge on any atom is 0.410 e.